The first-order valence-electron chi connectivity index (χ1n) is 12.5. The number of rotatable bonds is 9. The van der Waals surface area contributed by atoms with E-state index < -0.39 is 5.92 Å². The lowest BCUT2D eigenvalue weighted by Gasteiger charge is -2.41. The number of likely N-dealkylation sites (tertiary alicyclic amines) is 1. The highest BCUT2D eigenvalue weighted by molar-refractivity contribution is 7.10. The summed E-state index contributed by atoms with van der Waals surface area (Å²) in [4.78, 5) is 32.5. The molecule has 3 heterocycles. The number of nitrogens with zero attached hydrogens (tertiary/aromatic N) is 2. The van der Waals surface area contributed by atoms with Gasteiger partial charge in [-0.2, -0.15) is 0 Å². The van der Waals surface area contributed by atoms with Gasteiger partial charge in [0.1, 0.15) is 0 Å². The Morgan fingerprint density at radius 2 is 1.88 bits per heavy atom. The molecule has 1 saturated heterocycles. The van der Waals surface area contributed by atoms with Gasteiger partial charge in [-0.15, -0.1) is 11.3 Å². The van der Waals surface area contributed by atoms with E-state index in [9.17, 15) is 9.59 Å². The lowest BCUT2D eigenvalue weighted by molar-refractivity contribution is -0.124. The molecule has 184 valence electrons. The number of benzene rings is 1. The van der Waals surface area contributed by atoms with Crippen molar-refractivity contribution >= 4 is 23.2 Å². The van der Waals surface area contributed by atoms with E-state index in [-0.39, 0.29) is 17.9 Å². The maximum absolute atomic E-state index is 13.7. The second-order valence-electron chi connectivity index (χ2n) is 9.53. The topological polar surface area (TPSA) is 61.9 Å². The molecule has 4 atom stereocenters. The van der Waals surface area contributed by atoms with Crippen LogP contribution in [-0.2, 0) is 9.53 Å². The summed E-state index contributed by atoms with van der Waals surface area (Å²) in [7, 11) is 1.64. The molecule has 2 aliphatic rings. The standard InChI is InChI=1S/C27H37N3O3S/c1-19-9-6-10-20(2)29(19)15-8-14-28-26(31)24-21-11-4-5-12-22(21)27(32)30(16-17-33-3)25(24)23-13-7-18-34-23/h4-5,7,11-13,18-20,24-25H,6,8-10,14-17H2,1-3H3,(H,28,31)/t19-,20+,24-,25-/m0/s1. The average Bonchev–Trinajstić information content (AvgIpc) is 3.37. The fourth-order valence-electron chi connectivity index (χ4n) is 5.59. The van der Waals surface area contributed by atoms with Crippen molar-refractivity contribution in [1.29, 1.82) is 0 Å². The summed E-state index contributed by atoms with van der Waals surface area (Å²) in [6, 6.07) is 12.4. The molecule has 4 rings (SSSR count). The lowest BCUT2D eigenvalue weighted by Crippen LogP contribution is -2.48. The molecule has 7 heteroatoms. The predicted octanol–water partition coefficient (Wildman–Crippen LogP) is 4.44. The Bertz CT molecular complexity index is 954. The van der Waals surface area contributed by atoms with Crippen molar-refractivity contribution in [2.75, 3.05) is 33.4 Å². The van der Waals surface area contributed by atoms with Crippen LogP contribution in [0.3, 0.4) is 0 Å². The molecule has 1 N–H and O–H groups in total. The third-order valence-electron chi connectivity index (χ3n) is 7.36. The molecule has 2 aliphatic heterocycles. The number of piperidine rings is 1. The number of ether oxygens (including phenoxy) is 1. The maximum atomic E-state index is 13.7. The fourth-order valence-corrected chi connectivity index (χ4v) is 6.46. The number of nitrogens with one attached hydrogen (secondary N) is 1. The molecule has 1 aromatic carbocycles. The van der Waals surface area contributed by atoms with E-state index in [1.54, 1.807) is 18.4 Å². The van der Waals surface area contributed by atoms with Crippen molar-refractivity contribution in [3.05, 3.63) is 57.8 Å². The highest BCUT2D eigenvalue weighted by atomic mass is 32.1. The predicted molar refractivity (Wildman–Crippen MR) is 136 cm³/mol. The molecule has 1 aromatic heterocycles. The number of carbonyl (C=O) groups is 2. The van der Waals surface area contributed by atoms with E-state index >= 15 is 0 Å². The zero-order valence-electron chi connectivity index (χ0n) is 20.5. The van der Waals surface area contributed by atoms with Gasteiger partial charge < -0.3 is 15.0 Å². The van der Waals surface area contributed by atoms with Crippen LogP contribution in [0.4, 0.5) is 0 Å². The van der Waals surface area contributed by atoms with Gasteiger partial charge in [-0.1, -0.05) is 30.7 Å². The summed E-state index contributed by atoms with van der Waals surface area (Å²) >= 11 is 1.59. The zero-order chi connectivity index (χ0) is 24.1. The number of carbonyl (C=O) groups excluding carboxylic acids is 2. The third-order valence-corrected chi connectivity index (χ3v) is 8.30. The van der Waals surface area contributed by atoms with Crippen molar-refractivity contribution in [3.63, 3.8) is 0 Å². The first-order chi connectivity index (χ1) is 16.5. The monoisotopic (exact) mass is 483 g/mol. The van der Waals surface area contributed by atoms with Crippen molar-refractivity contribution in [2.24, 2.45) is 0 Å². The molecular weight excluding hydrogens is 446 g/mol. The summed E-state index contributed by atoms with van der Waals surface area (Å²) in [5, 5.41) is 5.22. The average molecular weight is 484 g/mol. The molecule has 2 amide bonds. The van der Waals surface area contributed by atoms with Crippen molar-refractivity contribution in [3.8, 4) is 0 Å². The van der Waals surface area contributed by atoms with Gasteiger partial charge in [0.15, 0.2) is 0 Å². The first-order valence-corrected chi connectivity index (χ1v) is 13.4. The van der Waals surface area contributed by atoms with Crippen molar-refractivity contribution in [2.45, 2.75) is 63.6 Å². The maximum Gasteiger partial charge on any atom is 0.254 e. The molecule has 0 aliphatic carbocycles. The molecule has 2 aromatic rings. The third kappa shape index (κ3) is 5.21. The largest absolute Gasteiger partial charge is 0.383 e. The SMILES string of the molecule is COCCN1C(=O)c2ccccc2[C@H](C(=O)NCCCN2[C@H](C)CCC[C@@H]2C)[C@@H]1c1cccs1. The van der Waals surface area contributed by atoms with Gasteiger partial charge in [-0.25, -0.2) is 0 Å². The van der Waals surface area contributed by atoms with Crippen LogP contribution in [0.5, 0.6) is 0 Å². The number of methoxy groups -OCH3 is 1. The molecule has 0 bridgehead atoms. The van der Waals surface area contributed by atoms with E-state index in [1.807, 2.05) is 46.7 Å². The summed E-state index contributed by atoms with van der Waals surface area (Å²) in [5.41, 5.74) is 1.43. The molecule has 0 unspecified atom stereocenters. The lowest BCUT2D eigenvalue weighted by atomic mass is 9.81. The molecule has 1 fully saturated rings. The second-order valence-corrected chi connectivity index (χ2v) is 10.5. The Morgan fingerprint density at radius 3 is 2.59 bits per heavy atom. The highest BCUT2D eigenvalue weighted by Crippen LogP contribution is 2.44. The van der Waals surface area contributed by atoms with Crippen molar-refractivity contribution in [1.82, 2.24) is 15.1 Å². The molecule has 0 spiro atoms. The van der Waals surface area contributed by atoms with Crippen LogP contribution >= 0.6 is 11.3 Å². The van der Waals surface area contributed by atoms with Gasteiger partial charge in [-0.3, -0.25) is 14.5 Å². The van der Waals surface area contributed by atoms with E-state index in [0.717, 1.165) is 23.4 Å². The smallest absolute Gasteiger partial charge is 0.254 e. The van der Waals surface area contributed by atoms with Crippen molar-refractivity contribution < 1.29 is 14.3 Å². The second kappa shape index (κ2) is 11.5. The summed E-state index contributed by atoms with van der Waals surface area (Å²) < 4.78 is 5.30. The van der Waals surface area contributed by atoms with Gasteiger partial charge in [0.25, 0.3) is 5.91 Å². The minimum absolute atomic E-state index is 0.0134. The van der Waals surface area contributed by atoms with E-state index in [4.69, 9.17) is 4.74 Å². The van der Waals surface area contributed by atoms with Crippen LogP contribution in [0.25, 0.3) is 0 Å². The quantitative estimate of drug-likeness (QED) is 0.536. The normalized spacial score (nSPS) is 25.3. The summed E-state index contributed by atoms with van der Waals surface area (Å²) in [5.74, 6) is -0.499. The van der Waals surface area contributed by atoms with Gasteiger partial charge in [-0.05, 0) is 56.2 Å². The summed E-state index contributed by atoms with van der Waals surface area (Å²) in [6.45, 7) is 7.12. The van der Waals surface area contributed by atoms with E-state index in [2.05, 4.69) is 24.1 Å². The molecule has 0 saturated carbocycles. The summed E-state index contributed by atoms with van der Waals surface area (Å²) in [6.07, 6.45) is 4.73. The number of thiophene rings is 1. The number of hydrogen-bond donors (Lipinski definition) is 1. The number of fused-ring (bicyclic) bond motifs is 1. The van der Waals surface area contributed by atoms with Gasteiger partial charge >= 0.3 is 0 Å². The Balaban J connectivity index is 1.53. The van der Waals surface area contributed by atoms with Crippen LogP contribution in [0.1, 0.15) is 72.3 Å². The van der Waals surface area contributed by atoms with Crippen LogP contribution in [-0.4, -0.2) is 67.0 Å². The fraction of sp³-hybridized carbons (Fsp3) is 0.556. The van der Waals surface area contributed by atoms with Gasteiger partial charge in [0.05, 0.1) is 18.6 Å². The minimum Gasteiger partial charge on any atom is -0.383 e. The zero-order valence-corrected chi connectivity index (χ0v) is 21.4. The van der Waals surface area contributed by atoms with Crippen LogP contribution in [0.2, 0.25) is 0 Å². The van der Waals surface area contributed by atoms with Gasteiger partial charge in [0.2, 0.25) is 5.91 Å². The highest BCUT2D eigenvalue weighted by Gasteiger charge is 2.44. The Hall–Kier alpha value is -2.22. The van der Waals surface area contributed by atoms with Crippen LogP contribution in [0.15, 0.2) is 41.8 Å². The number of amides is 2. The van der Waals surface area contributed by atoms with Gasteiger partial charge in [0, 0.05) is 49.3 Å². The molecule has 6 nitrogen and oxygen atoms in total. The Morgan fingerprint density at radius 1 is 1.12 bits per heavy atom. The first kappa shape index (κ1) is 24.9. The van der Waals surface area contributed by atoms with Crippen LogP contribution < -0.4 is 5.32 Å². The number of hydrogen-bond acceptors (Lipinski definition) is 5. The Kier molecular flexibility index (Phi) is 8.40. The Labute approximate surface area is 207 Å². The molecule has 0 radical (unpaired) electrons. The minimum atomic E-state index is -0.447. The molecular formula is C27H37N3O3S. The molecule has 34 heavy (non-hydrogen) atoms. The van der Waals surface area contributed by atoms with E-state index in [1.165, 1.54) is 19.3 Å². The van der Waals surface area contributed by atoms with E-state index in [0.29, 0.717) is 37.3 Å². The van der Waals surface area contributed by atoms with Crippen LogP contribution in [0, 0.1) is 0 Å².